The highest BCUT2D eigenvalue weighted by Gasteiger charge is 2.31. The van der Waals surface area contributed by atoms with Crippen molar-refractivity contribution >= 4 is 62.6 Å². The van der Waals surface area contributed by atoms with E-state index in [1.165, 1.54) is 0 Å². The largest absolute Gasteiger partial charge is 0.496 e. The predicted molar refractivity (Wildman–Crippen MR) is 203 cm³/mol. The molecule has 0 atom stereocenters. The van der Waals surface area contributed by atoms with Gasteiger partial charge in [-0.3, -0.25) is 34.1 Å². The van der Waals surface area contributed by atoms with Crippen molar-refractivity contribution in [2.75, 3.05) is 61.5 Å². The molecule has 16 heteroatoms. The van der Waals surface area contributed by atoms with Gasteiger partial charge in [0.1, 0.15) is 5.75 Å². The predicted octanol–water partition coefficient (Wildman–Crippen LogP) is 4.23. The van der Waals surface area contributed by atoms with Crippen molar-refractivity contribution in [2.24, 2.45) is 13.0 Å². The number of aromatic nitrogens is 7. The third-order valence-corrected chi connectivity index (χ3v) is 11.2. The van der Waals surface area contributed by atoms with Crippen molar-refractivity contribution in [1.82, 2.24) is 44.4 Å². The lowest BCUT2D eigenvalue weighted by Gasteiger charge is -2.39. The van der Waals surface area contributed by atoms with Crippen molar-refractivity contribution in [3.05, 3.63) is 66.6 Å². The first-order valence-electron chi connectivity index (χ1n) is 18.5. The number of rotatable bonds is 8. The number of fused-ring (bicyclic) bond motifs is 3. The van der Waals surface area contributed by atoms with Crippen LogP contribution < -0.4 is 25.2 Å². The quantitative estimate of drug-likeness (QED) is 0.232. The van der Waals surface area contributed by atoms with Gasteiger partial charge in [0.2, 0.25) is 5.91 Å². The maximum Gasteiger partial charge on any atom is 0.329 e. The van der Waals surface area contributed by atoms with Crippen LogP contribution in [0.25, 0.3) is 27.5 Å². The number of hydrogen-bond acceptors (Lipinski definition) is 10. The van der Waals surface area contributed by atoms with Gasteiger partial charge >= 0.3 is 6.03 Å². The summed E-state index contributed by atoms with van der Waals surface area (Å²) < 4.78 is 11.1. The molecule has 0 bridgehead atoms. The number of imide groups is 1. The van der Waals surface area contributed by atoms with E-state index in [0.717, 1.165) is 85.9 Å². The molecule has 16 nitrogen and oxygen atoms in total. The normalized spacial score (nSPS) is 19.9. The van der Waals surface area contributed by atoms with Crippen molar-refractivity contribution < 1.29 is 19.1 Å². The van der Waals surface area contributed by atoms with E-state index < -0.39 is 6.03 Å². The maximum absolute atomic E-state index is 13.4. The fourth-order valence-corrected chi connectivity index (χ4v) is 8.35. The average Bonchev–Trinajstić information content (AvgIpc) is 3.90. The zero-order chi connectivity index (χ0) is 36.9. The summed E-state index contributed by atoms with van der Waals surface area (Å²) in [5.41, 5.74) is 3.97. The van der Waals surface area contributed by atoms with E-state index in [-0.39, 0.29) is 18.2 Å². The standard InChI is InChI=1S/C38H42N12O4/c1-45-35-27(36(44-45)48-14-12-34(51)42-38(48)53)5-3-6-30(35)47-17-15-46(16-18-47)22-24-8-10-26(11-9-24)49-23-25-19-28(31(54-2)20-29(25)43-49)37(52)41-33-21-39-32-7-4-13-40-50(32)33/h3-7,13,19-21,23-24,26H,8-12,14-18,22H2,1-2H3,(H,41,52)(H,42,51,53). The molecule has 0 unspecified atom stereocenters. The molecule has 2 aliphatic heterocycles. The number of para-hydroxylation sites is 1. The highest BCUT2D eigenvalue weighted by atomic mass is 16.5. The number of nitrogens with zero attached hydrogens (tertiary/aromatic N) is 10. The minimum atomic E-state index is -0.423. The third-order valence-electron chi connectivity index (χ3n) is 11.2. The minimum Gasteiger partial charge on any atom is -0.496 e. The number of nitrogens with one attached hydrogen (secondary N) is 2. The Morgan fingerprint density at radius 2 is 1.83 bits per heavy atom. The molecule has 278 valence electrons. The first kappa shape index (κ1) is 33.8. The Morgan fingerprint density at radius 1 is 1.00 bits per heavy atom. The molecule has 2 saturated heterocycles. The van der Waals surface area contributed by atoms with Crippen LogP contribution in [-0.2, 0) is 11.8 Å². The Kier molecular flexibility index (Phi) is 8.60. The molecular weight excluding hydrogens is 688 g/mol. The Hall–Kier alpha value is -6.03. The summed E-state index contributed by atoms with van der Waals surface area (Å²) in [7, 11) is 3.48. The molecule has 6 aromatic rings. The van der Waals surface area contributed by atoms with E-state index in [4.69, 9.17) is 14.9 Å². The van der Waals surface area contributed by atoms with Crippen molar-refractivity contribution in [2.45, 2.75) is 38.1 Å². The van der Waals surface area contributed by atoms with Gasteiger partial charge in [0, 0.05) is 82.0 Å². The number of amides is 4. The Balaban J connectivity index is 0.812. The lowest BCUT2D eigenvalue weighted by atomic mass is 9.85. The Labute approximate surface area is 310 Å². The van der Waals surface area contributed by atoms with Crippen LogP contribution in [0.15, 0.2) is 61.1 Å². The van der Waals surface area contributed by atoms with Crippen molar-refractivity contribution in [1.29, 1.82) is 0 Å². The fourth-order valence-electron chi connectivity index (χ4n) is 8.35. The van der Waals surface area contributed by atoms with Crippen LogP contribution >= 0.6 is 0 Å². The number of ether oxygens (including phenoxy) is 1. The second-order valence-corrected chi connectivity index (χ2v) is 14.4. The molecule has 1 saturated carbocycles. The van der Waals surface area contributed by atoms with Gasteiger partial charge < -0.3 is 15.0 Å². The summed E-state index contributed by atoms with van der Waals surface area (Å²) in [6.45, 7) is 5.19. The molecule has 4 amide bonds. The lowest BCUT2D eigenvalue weighted by molar-refractivity contribution is -0.120. The van der Waals surface area contributed by atoms with Gasteiger partial charge in [0.05, 0.1) is 41.6 Å². The van der Waals surface area contributed by atoms with Crippen LogP contribution in [0.5, 0.6) is 5.75 Å². The molecular formula is C38H42N12O4. The minimum absolute atomic E-state index is 0.256. The molecule has 3 fully saturated rings. The van der Waals surface area contributed by atoms with Crippen molar-refractivity contribution in [3.63, 3.8) is 0 Å². The number of anilines is 3. The second-order valence-electron chi connectivity index (χ2n) is 14.4. The summed E-state index contributed by atoms with van der Waals surface area (Å²) in [6, 6.07) is 13.3. The molecule has 9 rings (SSSR count). The van der Waals surface area contributed by atoms with Crippen LogP contribution in [0, 0.1) is 5.92 Å². The van der Waals surface area contributed by atoms with E-state index in [9.17, 15) is 14.4 Å². The Morgan fingerprint density at radius 3 is 2.63 bits per heavy atom. The number of urea groups is 1. The van der Waals surface area contributed by atoms with Crippen LogP contribution in [0.3, 0.4) is 0 Å². The summed E-state index contributed by atoms with van der Waals surface area (Å²) in [5, 5.41) is 21.1. The first-order chi connectivity index (χ1) is 26.3. The smallest absolute Gasteiger partial charge is 0.329 e. The van der Waals surface area contributed by atoms with E-state index in [0.29, 0.717) is 47.1 Å². The van der Waals surface area contributed by atoms with Gasteiger partial charge in [-0.25, -0.2) is 9.78 Å². The molecule has 0 spiro atoms. The summed E-state index contributed by atoms with van der Waals surface area (Å²) in [4.78, 5) is 48.6. The zero-order valence-electron chi connectivity index (χ0n) is 30.3. The number of imidazole rings is 1. The van der Waals surface area contributed by atoms with Crippen LogP contribution in [-0.4, -0.2) is 103 Å². The highest BCUT2D eigenvalue weighted by Crippen LogP contribution is 2.36. The van der Waals surface area contributed by atoms with Crippen molar-refractivity contribution in [3.8, 4) is 5.75 Å². The van der Waals surface area contributed by atoms with Gasteiger partial charge in [-0.1, -0.05) is 6.07 Å². The maximum atomic E-state index is 13.4. The summed E-state index contributed by atoms with van der Waals surface area (Å²) in [6.07, 6.45) is 9.93. The molecule has 4 aromatic heterocycles. The molecule has 2 aromatic carbocycles. The van der Waals surface area contributed by atoms with E-state index in [1.807, 2.05) is 42.1 Å². The molecule has 2 N–H and O–H groups in total. The SMILES string of the molecule is COc1cc2nn(C3CCC(CN4CCN(c5cccc6c(N7CCC(=O)NC7=O)nn(C)c56)CC4)CC3)cc2cc1C(=O)Nc1cnc2cccnn12. The Bertz CT molecular complexity index is 2400. The summed E-state index contributed by atoms with van der Waals surface area (Å²) in [5.74, 6) is 1.60. The number of carbonyl (C=O) groups is 3. The van der Waals surface area contributed by atoms with Crippen LogP contribution in [0.1, 0.15) is 48.5 Å². The topological polar surface area (TPSA) is 160 Å². The average molecular weight is 731 g/mol. The van der Waals surface area contributed by atoms with Gasteiger partial charge in [-0.2, -0.15) is 19.8 Å². The molecule has 6 heterocycles. The van der Waals surface area contributed by atoms with Gasteiger partial charge in [-0.05, 0) is 61.9 Å². The molecule has 1 aliphatic carbocycles. The number of aryl methyl sites for hydroxylation is 1. The molecule has 3 aliphatic rings. The van der Waals surface area contributed by atoms with Gasteiger partial charge in [0.25, 0.3) is 5.91 Å². The third kappa shape index (κ3) is 6.15. The fraction of sp³-hybridized carbons (Fsp3) is 0.395. The molecule has 54 heavy (non-hydrogen) atoms. The molecule has 0 radical (unpaired) electrons. The summed E-state index contributed by atoms with van der Waals surface area (Å²) >= 11 is 0. The van der Waals surface area contributed by atoms with Crippen LogP contribution in [0.2, 0.25) is 0 Å². The monoisotopic (exact) mass is 730 g/mol. The van der Waals surface area contributed by atoms with E-state index >= 15 is 0 Å². The zero-order valence-corrected chi connectivity index (χ0v) is 30.3. The van der Waals surface area contributed by atoms with Gasteiger partial charge in [-0.15, -0.1) is 0 Å². The van der Waals surface area contributed by atoms with E-state index in [2.05, 4.69) is 47.5 Å². The van der Waals surface area contributed by atoms with E-state index in [1.54, 1.807) is 35.0 Å². The van der Waals surface area contributed by atoms with Crippen LogP contribution in [0.4, 0.5) is 22.1 Å². The number of carbonyl (C=O) groups excluding carboxylic acids is 3. The van der Waals surface area contributed by atoms with Gasteiger partial charge in [0.15, 0.2) is 17.3 Å². The number of benzene rings is 2. The first-order valence-corrected chi connectivity index (χ1v) is 18.5. The highest BCUT2D eigenvalue weighted by molar-refractivity contribution is 6.10. The second kappa shape index (κ2) is 13.7. The number of hydrogen-bond donors (Lipinski definition) is 2. The lowest BCUT2D eigenvalue weighted by Crippen LogP contribution is -2.49. The number of piperazine rings is 1. The number of methoxy groups -OCH3 is 1.